The van der Waals surface area contributed by atoms with Gasteiger partial charge in [0, 0.05) is 0 Å². The minimum Gasteiger partial charge on any atom is -0.274 e. The number of carbonyl (C=O) groups is 2. The van der Waals surface area contributed by atoms with E-state index in [-0.39, 0.29) is 23.7 Å². The fourth-order valence-electron chi connectivity index (χ4n) is 3.31. The zero-order valence-corrected chi connectivity index (χ0v) is 11.7. The third-order valence-electron chi connectivity index (χ3n) is 4.32. The van der Waals surface area contributed by atoms with Gasteiger partial charge in [-0.15, -0.1) is 0 Å². The summed E-state index contributed by atoms with van der Waals surface area (Å²) >= 11 is 1.42. The summed E-state index contributed by atoms with van der Waals surface area (Å²) in [6.45, 7) is 0. The molecule has 4 rings (SSSR count). The number of imide groups is 1. The highest BCUT2D eigenvalue weighted by Crippen LogP contribution is 2.41. The minimum absolute atomic E-state index is 0.0428. The predicted molar refractivity (Wildman–Crippen MR) is 77.6 cm³/mol. The van der Waals surface area contributed by atoms with Gasteiger partial charge in [0.2, 0.25) is 11.8 Å². The molecule has 2 aliphatic rings. The standard InChI is InChI=1S/C15H14N2O2S/c18-13-9-5-1-2-6-10(9)14(19)17(13)15-16-11-7-3-4-8-12(11)20-15/h3-4,7-10H,1-2,5-6H2/t9-,10-/m0/s1. The molecule has 2 atom stereocenters. The molecule has 0 unspecified atom stereocenters. The lowest BCUT2D eigenvalue weighted by molar-refractivity contribution is -0.122. The Labute approximate surface area is 120 Å². The number of aromatic nitrogens is 1. The Balaban J connectivity index is 1.77. The lowest BCUT2D eigenvalue weighted by Gasteiger charge is -2.19. The first-order chi connectivity index (χ1) is 9.75. The Bertz CT molecular complexity index is 652. The molecule has 2 aromatic rings. The van der Waals surface area contributed by atoms with E-state index >= 15 is 0 Å². The van der Waals surface area contributed by atoms with Gasteiger partial charge in [-0.05, 0) is 25.0 Å². The maximum absolute atomic E-state index is 12.5. The van der Waals surface area contributed by atoms with Crippen LogP contribution < -0.4 is 4.90 Å². The van der Waals surface area contributed by atoms with E-state index in [1.165, 1.54) is 16.2 Å². The molecule has 5 heteroatoms. The Morgan fingerprint density at radius 2 is 1.70 bits per heavy atom. The molecule has 2 fully saturated rings. The van der Waals surface area contributed by atoms with Crippen LogP contribution >= 0.6 is 11.3 Å². The number of thiazole rings is 1. The van der Waals surface area contributed by atoms with Gasteiger partial charge in [-0.25, -0.2) is 9.88 Å². The molecule has 0 N–H and O–H groups in total. The number of hydrogen-bond donors (Lipinski definition) is 0. The van der Waals surface area contributed by atoms with Gasteiger partial charge >= 0.3 is 0 Å². The van der Waals surface area contributed by atoms with Crippen LogP contribution in [0.2, 0.25) is 0 Å². The summed E-state index contributed by atoms with van der Waals surface area (Å²) in [4.78, 5) is 30.8. The molecular formula is C15H14N2O2S. The van der Waals surface area contributed by atoms with Crippen molar-refractivity contribution in [3.05, 3.63) is 24.3 Å². The summed E-state index contributed by atoms with van der Waals surface area (Å²) in [6.07, 6.45) is 3.79. The second-order valence-corrected chi connectivity index (χ2v) is 6.48. The molecular weight excluding hydrogens is 272 g/mol. The summed E-state index contributed by atoms with van der Waals surface area (Å²) in [6, 6.07) is 7.74. The summed E-state index contributed by atoms with van der Waals surface area (Å²) < 4.78 is 1.01. The molecule has 102 valence electrons. The molecule has 1 aromatic heterocycles. The van der Waals surface area contributed by atoms with Crippen molar-refractivity contribution in [2.45, 2.75) is 25.7 Å². The Kier molecular flexibility index (Phi) is 2.63. The van der Waals surface area contributed by atoms with Crippen molar-refractivity contribution in [3.8, 4) is 0 Å². The van der Waals surface area contributed by atoms with Crippen LogP contribution in [0.4, 0.5) is 5.13 Å². The number of nitrogens with zero attached hydrogens (tertiary/aromatic N) is 2. The normalized spacial score (nSPS) is 26.3. The fraction of sp³-hybridized carbons (Fsp3) is 0.400. The van der Waals surface area contributed by atoms with E-state index in [4.69, 9.17) is 0 Å². The van der Waals surface area contributed by atoms with Crippen molar-refractivity contribution in [3.63, 3.8) is 0 Å². The van der Waals surface area contributed by atoms with Crippen LogP contribution in [-0.2, 0) is 9.59 Å². The highest BCUT2D eigenvalue weighted by Gasteiger charge is 2.49. The van der Waals surface area contributed by atoms with E-state index in [2.05, 4.69) is 4.98 Å². The summed E-state index contributed by atoms with van der Waals surface area (Å²) in [5, 5.41) is 0.538. The number of rotatable bonds is 1. The van der Waals surface area contributed by atoms with E-state index in [9.17, 15) is 9.59 Å². The van der Waals surface area contributed by atoms with E-state index in [1.54, 1.807) is 0 Å². The summed E-state index contributed by atoms with van der Waals surface area (Å²) in [5.74, 6) is -0.302. The van der Waals surface area contributed by atoms with Gasteiger partial charge in [-0.3, -0.25) is 9.59 Å². The van der Waals surface area contributed by atoms with E-state index in [1.807, 2.05) is 24.3 Å². The van der Waals surface area contributed by atoms with E-state index in [0.29, 0.717) is 5.13 Å². The number of carbonyl (C=O) groups excluding carboxylic acids is 2. The van der Waals surface area contributed by atoms with Crippen LogP contribution in [0.15, 0.2) is 24.3 Å². The number of fused-ring (bicyclic) bond motifs is 2. The average molecular weight is 286 g/mol. The lowest BCUT2D eigenvalue weighted by Crippen LogP contribution is -2.30. The van der Waals surface area contributed by atoms with Crippen molar-refractivity contribution in [1.82, 2.24) is 4.98 Å². The number of para-hydroxylation sites is 1. The SMILES string of the molecule is O=C1[C@H]2CCCC[C@@H]2C(=O)N1c1nc2ccccc2s1. The summed E-state index contributed by atoms with van der Waals surface area (Å²) in [7, 11) is 0. The van der Waals surface area contributed by atoms with Gasteiger partial charge in [0.1, 0.15) is 0 Å². The molecule has 2 heterocycles. The van der Waals surface area contributed by atoms with Crippen molar-refractivity contribution in [2.75, 3.05) is 4.90 Å². The smallest absolute Gasteiger partial charge is 0.239 e. The first-order valence-corrected chi connectivity index (χ1v) is 7.81. The highest BCUT2D eigenvalue weighted by molar-refractivity contribution is 7.22. The molecule has 1 aliphatic carbocycles. The first kappa shape index (κ1) is 12.0. The molecule has 0 bridgehead atoms. The molecule has 2 amide bonds. The predicted octanol–water partition coefficient (Wildman–Crippen LogP) is 2.98. The number of hydrogen-bond acceptors (Lipinski definition) is 4. The molecule has 1 saturated heterocycles. The van der Waals surface area contributed by atoms with Crippen molar-refractivity contribution < 1.29 is 9.59 Å². The van der Waals surface area contributed by atoms with Crippen molar-refractivity contribution in [2.24, 2.45) is 11.8 Å². The van der Waals surface area contributed by atoms with E-state index in [0.717, 1.165) is 35.9 Å². The van der Waals surface area contributed by atoms with Crippen LogP contribution in [0.1, 0.15) is 25.7 Å². The number of amides is 2. The fourth-order valence-corrected chi connectivity index (χ4v) is 4.28. The zero-order valence-electron chi connectivity index (χ0n) is 10.9. The second-order valence-electron chi connectivity index (χ2n) is 5.47. The lowest BCUT2D eigenvalue weighted by atomic mass is 9.81. The van der Waals surface area contributed by atoms with E-state index < -0.39 is 0 Å². The van der Waals surface area contributed by atoms with Gasteiger partial charge in [0.15, 0.2) is 5.13 Å². The Morgan fingerprint density at radius 3 is 2.35 bits per heavy atom. The first-order valence-electron chi connectivity index (χ1n) is 6.99. The molecule has 1 aromatic carbocycles. The van der Waals surface area contributed by atoms with Crippen LogP contribution in [0.25, 0.3) is 10.2 Å². The van der Waals surface area contributed by atoms with Gasteiger partial charge in [0.25, 0.3) is 0 Å². The molecule has 1 saturated carbocycles. The monoisotopic (exact) mass is 286 g/mol. The Morgan fingerprint density at radius 1 is 1.05 bits per heavy atom. The van der Waals surface area contributed by atoms with Crippen LogP contribution in [0.5, 0.6) is 0 Å². The quantitative estimate of drug-likeness (QED) is 0.757. The maximum Gasteiger partial charge on any atom is 0.239 e. The largest absolute Gasteiger partial charge is 0.274 e. The van der Waals surface area contributed by atoms with Crippen molar-refractivity contribution in [1.29, 1.82) is 0 Å². The Hall–Kier alpha value is -1.75. The maximum atomic E-state index is 12.5. The molecule has 4 nitrogen and oxygen atoms in total. The number of anilines is 1. The van der Waals surface area contributed by atoms with Crippen LogP contribution in [0, 0.1) is 11.8 Å². The minimum atomic E-state index is -0.108. The van der Waals surface area contributed by atoms with Gasteiger partial charge in [0.05, 0.1) is 22.1 Å². The molecule has 1 aliphatic heterocycles. The van der Waals surface area contributed by atoms with Gasteiger partial charge in [-0.2, -0.15) is 0 Å². The summed E-state index contributed by atoms with van der Waals surface area (Å²) in [5.41, 5.74) is 0.850. The third-order valence-corrected chi connectivity index (χ3v) is 5.34. The average Bonchev–Trinajstić information content (AvgIpc) is 3.00. The number of benzene rings is 1. The topological polar surface area (TPSA) is 50.3 Å². The van der Waals surface area contributed by atoms with Gasteiger partial charge in [-0.1, -0.05) is 36.3 Å². The van der Waals surface area contributed by atoms with Gasteiger partial charge < -0.3 is 0 Å². The molecule has 20 heavy (non-hydrogen) atoms. The van der Waals surface area contributed by atoms with Crippen LogP contribution in [0.3, 0.4) is 0 Å². The molecule has 0 radical (unpaired) electrons. The third kappa shape index (κ3) is 1.62. The second kappa shape index (κ2) is 4.38. The van der Waals surface area contributed by atoms with Crippen molar-refractivity contribution >= 4 is 38.5 Å². The zero-order chi connectivity index (χ0) is 13.7. The highest BCUT2D eigenvalue weighted by atomic mass is 32.1. The molecule has 0 spiro atoms. The van der Waals surface area contributed by atoms with Crippen LogP contribution in [-0.4, -0.2) is 16.8 Å².